The Morgan fingerprint density at radius 3 is 3.09 bits per heavy atom. The zero-order valence-electron chi connectivity index (χ0n) is 13.1. The van der Waals surface area contributed by atoms with Crippen LogP contribution in [0.5, 0.6) is 0 Å². The summed E-state index contributed by atoms with van der Waals surface area (Å²) in [6.45, 7) is 4.56. The van der Waals surface area contributed by atoms with E-state index in [-0.39, 0.29) is 11.9 Å². The van der Waals surface area contributed by atoms with Gasteiger partial charge in [-0.05, 0) is 13.0 Å². The summed E-state index contributed by atoms with van der Waals surface area (Å²) in [7, 11) is 0. The van der Waals surface area contributed by atoms with E-state index >= 15 is 0 Å². The summed E-state index contributed by atoms with van der Waals surface area (Å²) in [4.78, 5) is 18.6. The molecule has 5 nitrogen and oxygen atoms in total. The van der Waals surface area contributed by atoms with E-state index in [1.807, 2.05) is 29.2 Å². The van der Waals surface area contributed by atoms with Crippen molar-refractivity contribution in [3.63, 3.8) is 0 Å². The molecule has 1 atom stereocenters. The number of nitrogens with zero attached hydrogens (tertiary/aromatic N) is 2. The number of carbonyl (C=O) groups is 1. The van der Waals surface area contributed by atoms with Crippen LogP contribution in [0.4, 0.5) is 0 Å². The van der Waals surface area contributed by atoms with E-state index in [1.165, 1.54) is 0 Å². The zero-order valence-corrected chi connectivity index (χ0v) is 14.7. The molecule has 3 rings (SSSR count). The van der Waals surface area contributed by atoms with Crippen LogP contribution in [0.3, 0.4) is 0 Å². The summed E-state index contributed by atoms with van der Waals surface area (Å²) in [5.74, 6) is 1.49. The minimum atomic E-state index is 0.166. The van der Waals surface area contributed by atoms with Crippen molar-refractivity contribution >= 4 is 21.8 Å². The minimum Gasteiger partial charge on any atom is -0.441 e. The average Bonchev–Trinajstić information content (AvgIpc) is 3.02. The molecule has 1 aromatic carbocycles. The molecular weight excluding hydrogens is 358 g/mol. The molecule has 1 aliphatic heterocycles. The van der Waals surface area contributed by atoms with Crippen LogP contribution >= 0.6 is 15.9 Å². The molecule has 0 bridgehead atoms. The second-order valence-electron chi connectivity index (χ2n) is 5.74. The number of rotatable bonds is 4. The van der Waals surface area contributed by atoms with Gasteiger partial charge in [0.2, 0.25) is 5.91 Å². The molecule has 0 aliphatic carbocycles. The van der Waals surface area contributed by atoms with Gasteiger partial charge in [-0.25, -0.2) is 4.98 Å². The number of carbonyl (C=O) groups excluding carboxylic acids is 1. The number of piperazine rings is 1. The molecule has 1 amide bonds. The third kappa shape index (κ3) is 3.82. The van der Waals surface area contributed by atoms with Crippen LogP contribution < -0.4 is 5.32 Å². The van der Waals surface area contributed by atoms with Crippen LogP contribution in [0.15, 0.2) is 39.4 Å². The fourth-order valence-corrected chi connectivity index (χ4v) is 3.26. The lowest BCUT2D eigenvalue weighted by atomic mass is 10.2. The fraction of sp³-hybridized carbons (Fsp3) is 0.412. The molecule has 1 unspecified atom stereocenters. The first-order chi connectivity index (χ1) is 11.1. The highest BCUT2D eigenvalue weighted by Crippen LogP contribution is 2.28. The number of aryl methyl sites for hydroxylation is 1. The molecule has 0 saturated carbocycles. The number of oxazole rings is 1. The number of halogens is 1. The zero-order chi connectivity index (χ0) is 16.2. The molecule has 1 N–H and O–H groups in total. The van der Waals surface area contributed by atoms with E-state index < -0.39 is 0 Å². The molecule has 23 heavy (non-hydrogen) atoms. The average molecular weight is 378 g/mol. The van der Waals surface area contributed by atoms with Crippen molar-refractivity contribution in [3.8, 4) is 11.3 Å². The van der Waals surface area contributed by atoms with Crippen LogP contribution in [-0.2, 0) is 11.2 Å². The Labute approximate surface area is 144 Å². The minimum absolute atomic E-state index is 0.166. The van der Waals surface area contributed by atoms with Crippen molar-refractivity contribution in [1.29, 1.82) is 0 Å². The Balaban J connectivity index is 1.61. The first kappa shape index (κ1) is 16.2. The second-order valence-corrected chi connectivity index (χ2v) is 6.59. The quantitative estimate of drug-likeness (QED) is 0.889. The van der Waals surface area contributed by atoms with Gasteiger partial charge in [0, 0.05) is 48.6 Å². The molecule has 2 aromatic rings. The third-order valence-corrected chi connectivity index (χ3v) is 4.76. The van der Waals surface area contributed by atoms with E-state index in [9.17, 15) is 4.79 Å². The van der Waals surface area contributed by atoms with E-state index in [0.29, 0.717) is 18.7 Å². The summed E-state index contributed by atoms with van der Waals surface area (Å²) in [5, 5.41) is 3.29. The van der Waals surface area contributed by atoms with Crippen LogP contribution in [-0.4, -0.2) is 41.5 Å². The molecule has 1 aliphatic rings. The van der Waals surface area contributed by atoms with Gasteiger partial charge in [-0.3, -0.25) is 4.79 Å². The maximum Gasteiger partial charge on any atom is 0.223 e. The number of benzene rings is 1. The highest BCUT2D eigenvalue weighted by Gasteiger charge is 2.23. The van der Waals surface area contributed by atoms with Crippen molar-refractivity contribution in [2.45, 2.75) is 25.8 Å². The predicted molar refractivity (Wildman–Crippen MR) is 92.0 cm³/mol. The van der Waals surface area contributed by atoms with Crippen LogP contribution in [0.25, 0.3) is 11.3 Å². The van der Waals surface area contributed by atoms with Crippen molar-refractivity contribution in [1.82, 2.24) is 15.2 Å². The van der Waals surface area contributed by atoms with Gasteiger partial charge in [-0.15, -0.1) is 0 Å². The lowest BCUT2D eigenvalue weighted by Crippen LogP contribution is -2.52. The van der Waals surface area contributed by atoms with Gasteiger partial charge in [0.05, 0.1) is 6.20 Å². The molecule has 6 heteroatoms. The SMILES string of the molecule is CC1CNCCN1C(=O)CCc1ncc(-c2ccccc2Br)o1. The first-order valence-corrected chi connectivity index (χ1v) is 8.64. The van der Waals surface area contributed by atoms with Gasteiger partial charge in [0.1, 0.15) is 0 Å². The van der Waals surface area contributed by atoms with Crippen LogP contribution in [0.1, 0.15) is 19.2 Å². The molecule has 122 valence electrons. The summed E-state index contributed by atoms with van der Waals surface area (Å²) < 4.78 is 6.76. The van der Waals surface area contributed by atoms with Crippen LogP contribution in [0, 0.1) is 0 Å². The van der Waals surface area contributed by atoms with E-state index in [1.54, 1.807) is 6.20 Å². The predicted octanol–water partition coefficient (Wildman–Crippen LogP) is 2.86. The van der Waals surface area contributed by atoms with Gasteiger partial charge in [0.15, 0.2) is 11.7 Å². The maximum atomic E-state index is 12.3. The highest BCUT2D eigenvalue weighted by molar-refractivity contribution is 9.10. The molecule has 1 fully saturated rings. The van der Waals surface area contributed by atoms with E-state index in [4.69, 9.17) is 4.42 Å². The molecule has 0 radical (unpaired) electrons. The first-order valence-electron chi connectivity index (χ1n) is 7.85. The van der Waals surface area contributed by atoms with Gasteiger partial charge >= 0.3 is 0 Å². The van der Waals surface area contributed by atoms with Crippen molar-refractivity contribution in [3.05, 3.63) is 40.8 Å². The fourth-order valence-electron chi connectivity index (χ4n) is 2.78. The molecule has 0 spiro atoms. The smallest absolute Gasteiger partial charge is 0.223 e. The molecule has 1 aromatic heterocycles. The lowest BCUT2D eigenvalue weighted by molar-refractivity contribution is -0.134. The summed E-state index contributed by atoms with van der Waals surface area (Å²) in [6, 6.07) is 8.10. The second kappa shape index (κ2) is 7.27. The normalized spacial score (nSPS) is 18.2. The Bertz CT molecular complexity index is 686. The Hall–Kier alpha value is -1.66. The standard InChI is InChI=1S/C17H20BrN3O2/c1-12-10-19-8-9-21(12)17(22)7-6-16-20-11-15(23-16)13-4-2-3-5-14(13)18/h2-5,11-12,19H,6-10H2,1H3. The third-order valence-electron chi connectivity index (χ3n) is 4.07. The van der Waals surface area contributed by atoms with Crippen molar-refractivity contribution < 1.29 is 9.21 Å². The lowest BCUT2D eigenvalue weighted by Gasteiger charge is -2.34. The van der Waals surface area contributed by atoms with E-state index in [0.717, 1.165) is 35.4 Å². The number of aromatic nitrogens is 1. The monoisotopic (exact) mass is 377 g/mol. The van der Waals surface area contributed by atoms with Crippen molar-refractivity contribution in [2.75, 3.05) is 19.6 Å². The Morgan fingerprint density at radius 1 is 1.48 bits per heavy atom. The van der Waals surface area contributed by atoms with Gasteiger partial charge in [-0.1, -0.05) is 34.1 Å². The summed E-state index contributed by atoms with van der Waals surface area (Å²) in [5.41, 5.74) is 0.966. The van der Waals surface area contributed by atoms with Gasteiger partial charge in [0.25, 0.3) is 0 Å². The highest BCUT2D eigenvalue weighted by atomic mass is 79.9. The maximum absolute atomic E-state index is 12.3. The molecule has 1 saturated heterocycles. The van der Waals surface area contributed by atoms with Gasteiger partial charge < -0.3 is 14.6 Å². The molecule has 2 heterocycles. The largest absolute Gasteiger partial charge is 0.441 e. The Kier molecular flexibility index (Phi) is 5.13. The van der Waals surface area contributed by atoms with Crippen molar-refractivity contribution in [2.24, 2.45) is 0 Å². The number of hydrogen-bond donors (Lipinski definition) is 1. The summed E-state index contributed by atoms with van der Waals surface area (Å²) in [6.07, 6.45) is 2.67. The number of hydrogen-bond acceptors (Lipinski definition) is 4. The topological polar surface area (TPSA) is 58.4 Å². The van der Waals surface area contributed by atoms with E-state index in [2.05, 4.69) is 33.2 Å². The summed E-state index contributed by atoms with van der Waals surface area (Å²) >= 11 is 3.51. The molecular formula is C17H20BrN3O2. The Morgan fingerprint density at radius 2 is 2.30 bits per heavy atom. The number of amides is 1. The van der Waals surface area contributed by atoms with Gasteiger partial charge in [-0.2, -0.15) is 0 Å². The van der Waals surface area contributed by atoms with Crippen LogP contribution in [0.2, 0.25) is 0 Å². The number of nitrogens with one attached hydrogen (secondary N) is 1.